The van der Waals surface area contributed by atoms with Crippen LogP contribution < -0.4 is 0 Å². The lowest BCUT2D eigenvalue weighted by Crippen LogP contribution is -2.03. The zero-order valence-electron chi connectivity index (χ0n) is 14.8. The first kappa shape index (κ1) is 19.5. The first-order valence-electron chi connectivity index (χ1n) is 8.94. The van der Waals surface area contributed by atoms with Gasteiger partial charge in [-0.15, -0.1) is 0 Å². The number of aromatic amines is 1. The fourth-order valence-electron chi connectivity index (χ4n) is 3.10. The lowest BCUT2D eigenvalue weighted by molar-refractivity contribution is 0.0690. The van der Waals surface area contributed by atoms with Crippen molar-refractivity contribution in [1.29, 1.82) is 0 Å². The minimum atomic E-state index is -1.01. The third kappa shape index (κ3) is 6.20. The number of carboxylic acids is 1. The van der Waals surface area contributed by atoms with E-state index < -0.39 is 5.97 Å². The maximum atomic E-state index is 12.3. The molecule has 23 heavy (non-hydrogen) atoms. The molecule has 0 saturated carbocycles. The summed E-state index contributed by atoms with van der Waals surface area (Å²) in [7, 11) is 0. The quantitative estimate of drug-likeness (QED) is 0.398. The van der Waals surface area contributed by atoms with Crippen LogP contribution in [0, 0.1) is 13.8 Å². The van der Waals surface area contributed by atoms with Crippen molar-refractivity contribution in [2.45, 2.75) is 85.0 Å². The third-order valence-corrected chi connectivity index (χ3v) is 4.44. The van der Waals surface area contributed by atoms with E-state index in [1.54, 1.807) is 13.8 Å². The predicted molar refractivity (Wildman–Crippen MR) is 93.4 cm³/mol. The van der Waals surface area contributed by atoms with E-state index in [9.17, 15) is 9.59 Å². The summed E-state index contributed by atoms with van der Waals surface area (Å²) in [6, 6.07) is 0. The van der Waals surface area contributed by atoms with Crippen LogP contribution in [0.15, 0.2) is 0 Å². The van der Waals surface area contributed by atoms with Gasteiger partial charge in [-0.2, -0.15) is 0 Å². The summed E-state index contributed by atoms with van der Waals surface area (Å²) in [5, 5.41) is 9.09. The third-order valence-electron chi connectivity index (χ3n) is 4.44. The Balaban J connectivity index is 2.29. The molecule has 130 valence electrons. The van der Waals surface area contributed by atoms with Crippen molar-refractivity contribution in [2.75, 3.05) is 0 Å². The van der Waals surface area contributed by atoms with E-state index in [4.69, 9.17) is 5.11 Å². The van der Waals surface area contributed by atoms with Crippen LogP contribution in [0.3, 0.4) is 0 Å². The second kappa shape index (κ2) is 10.2. The van der Waals surface area contributed by atoms with Gasteiger partial charge < -0.3 is 10.1 Å². The number of hydrogen-bond donors (Lipinski definition) is 2. The number of hydrogen-bond acceptors (Lipinski definition) is 2. The average molecular weight is 321 g/mol. The Morgan fingerprint density at radius 2 is 1.43 bits per heavy atom. The fraction of sp³-hybridized carbons (Fsp3) is 0.684. The molecule has 0 amide bonds. The van der Waals surface area contributed by atoms with E-state index in [1.807, 2.05) is 0 Å². The maximum Gasteiger partial charge on any atom is 0.352 e. The lowest BCUT2D eigenvalue weighted by Gasteiger charge is -2.03. The minimum absolute atomic E-state index is 0.0618. The zero-order chi connectivity index (χ0) is 17.2. The average Bonchev–Trinajstić information content (AvgIpc) is 2.80. The molecule has 1 rings (SSSR count). The Hall–Kier alpha value is -1.58. The number of carboxylic acid groups (broad SMARTS) is 1. The molecular formula is C19H31NO3. The molecule has 0 aromatic carbocycles. The van der Waals surface area contributed by atoms with Crippen molar-refractivity contribution in [3.8, 4) is 0 Å². The molecular weight excluding hydrogens is 290 g/mol. The number of Topliss-reactive ketones (excluding diaryl/α,β-unsaturated/α-hetero) is 1. The van der Waals surface area contributed by atoms with Crippen molar-refractivity contribution in [3.05, 3.63) is 22.5 Å². The maximum absolute atomic E-state index is 12.3. The van der Waals surface area contributed by atoms with Crippen molar-refractivity contribution in [3.63, 3.8) is 0 Å². The van der Waals surface area contributed by atoms with E-state index in [1.165, 1.54) is 44.9 Å². The Bertz CT molecular complexity index is 517. The molecule has 0 fully saturated rings. The molecule has 0 saturated heterocycles. The second-order valence-electron chi connectivity index (χ2n) is 6.43. The van der Waals surface area contributed by atoms with E-state index >= 15 is 0 Å². The molecule has 0 radical (unpaired) electrons. The topological polar surface area (TPSA) is 70.2 Å². The largest absolute Gasteiger partial charge is 0.477 e. The van der Waals surface area contributed by atoms with Crippen molar-refractivity contribution < 1.29 is 14.7 Å². The Morgan fingerprint density at radius 3 is 1.91 bits per heavy atom. The van der Waals surface area contributed by atoms with E-state index in [0.717, 1.165) is 12.8 Å². The van der Waals surface area contributed by atoms with Crippen LogP contribution in [0.5, 0.6) is 0 Å². The summed E-state index contributed by atoms with van der Waals surface area (Å²) in [4.78, 5) is 26.2. The first-order valence-corrected chi connectivity index (χ1v) is 8.94. The molecule has 1 heterocycles. The number of carbonyl (C=O) groups excluding carboxylic acids is 1. The summed E-state index contributed by atoms with van der Waals surface area (Å²) < 4.78 is 0. The number of carbonyl (C=O) groups is 2. The van der Waals surface area contributed by atoms with Gasteiger partial charge in [-0.1, -0.05) is 58.3 Å². The summed E-state index contributed by atoms with van der Waals surface area (Å²) in [5.41, 5.74) is 1.94. The first-order chi connectivity index (χ1) is 11.0. The van der Waals surface area contributed by atoms with Crippen molar-refractivity contribution in [2.24, 2.45) is 0 Å². The second-order valence-corrected chi connectivity index (χ2v) is 6.43. The summed E-state index contributed by atoms with van der Waals surface area (Å²) in [6.45, 7) is 5.70. The highest BCUT2D eigenvalue weighted by molar-refractivity contribution is 6.02. The Morgan fingerprint density at radius 1 is 0.913 bits per heavy atom. The molecule has 1 aromatic rings. The molecule has 0 aliphatic carbocycles. The number of ketones is 1. The van der Waals surface area contributed by atoms with Crippen LogP contribution in [0.1, 0.15) is 103 Å². The number of unbranched alkanes of at least 4 members (excludes halogenated alkanes) is 8. The summed E-state index contributed by atoms with van der Waals surface area (Å²) in [5.74, 6) is -0.945. The van der Waals surface area contributed by atoms with Gasteiger partial charge in [-0.3, -0.25) is 4.79 Å². The standard InChI is InChI=1S/C19H31NO3/c1-4-5-6-7-8-9-10-11-12-13-16(21)17-14(2)18(19(22)23)20-15(17)3/h20H,4-13H2,1-3H3,(H,22,23). The molecule has 0 atom stereocenters. The zero-order valence-corrected chi connectivity index (χ0v) is 14.8. The highest BCUT2D eigenvalue weighted by atomic mass is 16.4. The van der Waals surface area contributed by atoms with Crippen LogP contribution >= 0.6 is 0 Å². The number of aromatic carboxylic acids is 1. The molecule has 0 aliphatic rings. The van der Waals surface area contributed by atoms with E-state index in [0.29, 0.717) is 23.2 Å². The van der Waals surface area contributed by atoms with Gasteiger partial charge in [0, 0.05) is 17.7 Å². The van der Waals surface area contributed by atoms with Gasteiger partial charge in [-0.25, -0.2) is 4.79 Å². The monoisotopic (exact) mass is 321 g/mol. The number of nitrogens with one attached hydrogen (secondary N) is 1. The fourth-order valence-corrected chi connectivity index (χ4v) is 3.10. The molecule has 0 bridgehead atoms. The van der Waals surface area contributed by atoms with Gasteiger partial charge in [-0.05, 0) is 25.8 Å². The van der Waals surface area contributed by atoms with Gasteiger partial charge in [0.05, 0.1) is 0 Å². The van der Waals surface area contributed by atoms with Crippen LogP contribution in [0.4, 0.5) is 0 Å². The minimum Gasteiger partial charge on any atom is -0.477 e. The highest BCUT2D eigenvalue weighted by Crippen LogP contribution is 2.21. The Kier molecular flexibility index (Phi) is 8.67. The number of aromatic nitrogens is 1. The molecule has 0 aliphatic heterocycles. The Labute approximate surface area is 139 Å². The van der Waals surface area contributed by atoms with E-state index in [2.05, 4.69) is 11.9 Å². The SMILES string of the molecule is CCCCCCCCCCCC(=O)c1c(C)[nH]c(C(=O)O)c1C. The van der Waals surface area contributed by atoms with Crippen LogP contribution in [-0.4, -0.2) is 21.8 Å². The summed E-state index contributed by atoms with van der Waals surface area (Å²) in [6.07, 6.45) is 11.5. The van der Waals surface area contributed by atoms with Gasteiger partial charge in [0.15, 0.2) is 5.78 Å². The number of H-pyrrole nitrogens is 1. The molecule has 4 heteroatoms. The molecule has 4 nitrogen and oxygen atoms in total. The molecule has 0 spiro atoms. The number of aryl methyl sites for hydroxylation is 1. The van der Waals surface area contributed by atoms with Crippen LogP contribution in [0.2, 0.25) is 0 Å². The highest BCUT2D eigenvalue weighted by Gasteiger charge is 2.20. The van der Waals surface area contributed by atoms with E-state index in [-0.39, 0.29) is 11.5 Å². The van der Waals surface area contributed by atoms with Crippen molar-refractivity contribution >= 4 is 11.8 Å². The normalized spacial score (nSPS) is 10.9. The molecule has 0 unspecified atom stereocenters. The van der Waals surface area contributed by atoms with Gasteiger partial charge in [0.2, 0.25) is 0 Å². The van der Waals surface area contributed by atoms with Gasteiger partial charge >= 0.3 is 5.97 Å². The lowest BCUT2D eigenvalue weighted by atomic mass is 10.00. The predicted octanol–water partition coefficient (Wildman–Crippen LogP) is 5.43. The smallest absolute Gasteiger partial charge is 0.352 e. The summed E-state index contributed by atoms with van der Waals surface area (Å²) >= 11 is 0. The van der Waals surface area contributed by atoms with Crippen LogP contribution in [0.25, 0.3) is 0 Å². The molecule has 2 N–H and O–H groups in total. The molecule has 1 aromatic heterocycles. The van der Waals surface area contributed by atoms with Crippen molar-refractivity contribution in [1.82, 2.24) is 4.98 Å². The van der Waals surface area contributed by atoms with Gasteiger partial charge in [0.25, 0.3) is 0 Å². The van der Waals surface area contributed by atoms with Gasteiger partial charge in [0.1, 0.15) is 5.69 Å². The van der Waals surface area contributed by atoms with Crippen LogP contribution in [-0.2, 0) is 0 Å². The number of rotatable bonds is 12.